The number of hydrogen-bond acceptors (Lipinski definition) is 3. The highest BCUT2D eigenvalue weighted by Crippen LogP contribution is 2.26. The summed E-state index contributed by atoms with van der Waals surface area (Å²) in [5.41, 5.74) is 0.604. The lowest BCUT2D eigenvalue weighted by Crippen LogP contribution is -2.17. The third-order valence-corrected chi connectivity index (χ3v) is 5.46. The second-order valence-electron chi connectivity index (χ2n) is 7.45. The minimum absolute atomic E-state index is 0.219. The Morgan fingerprint density at radius 1 is 0.875 bits per heavy atom. The van der Waals surface area contributed by atoms with Crippen molar-refractivity contribution in [2.45, 2.75) is 64.2 Å². The summed E-state index contributed by atoms with van der Waals surface area (Å²) < 4.78 is 11.4. The van der Waals surface area contributed by atoms with E-state index in [0.29, 0.717) is 24.0 Å². The normalized spacial score (nSPS) is 19.8. The van der Waals surface area contributed by atoms with Crippen molar-refractivity contribution < 1.29 is 14.3 Å². The molecule has 3 heteroatoms. The van der Waals surface area contributed by atoms with Gasteiger partial charge < -0.3 is 9.47 Å². The molecule has 1 aromatic rings. The number of benzene rings is 1. The van der Waals surface area contributed by atoms with Gasteiger partial charge in [-0.3, -0.25) is 0 Å². The first-order chi connectivity index (χ1) is 11.8. The summed E-state index contributed by atoms with van der Waals surface area (Å²) in [6.45, 7) is 1.33. The van der Waals surface area contributed by atoms with Gasteiger partial charge in [0.2, 0.25) is 0 Å². The molecule has 0 aliphatic heterocycles. The Morgan fingerprint density at radius 3 is 2.17 bits per heavy atom. The second kappa shape index (κ2) is 9.10. The molecule has 0 unspecified atom stereocenters. The van der Waals surface area contributed by atoms with Crippen molar-refractivity contribution in [2.24, 2.45) is 11.8 Å². The van der Waals surface area contributed by atoms with Gasteiger partial charge in [0, 0.05) is 0 Å². The van der Waals surface area contributed by atoms with E-state index in [1.54, 1.807) is 0 Å². The van der Waals surface area contributed by atoms with E-state index in [-0.39, 0.29) is 5.97 Å². The molecule has 0 aromatic heterocycles. The first-order valence-electron chi connectivity index (χ1n) is 9.71. The molecule has 0 N–H and O–H groups in total. The monoisotopic (exact) mass is 330 g/mol. The van der Waals surface area contributed by atoms with E-state index in [4.69, 9.17) is 9.47 Å². The van der Waals surface area contributed by atoms with E-state index in [9.17, 15) is 4.79 Å². The summed E-state index contributed by atoms with van der Waals surface area (Å²) in [5.74, 6) is 1.78. The van der Waals surface area contributed by atoms with Crippen LogP contribution in [0.25, 0.3) is 0 Å². The fraction of sp³-hybridized carbons (Fsp3) is 0.667. The van der Waals surface area contributed by atoms with E-state index in [0.717, 1.165) is 12.4 Å². The first-order valence-corrected chi connectivity index (χ1v) is 9.71. The highest BCUT2D eigenvalue weighted by molar-refractivity contribution is 5.89. The minimum Gasteiger partial charge on any atom is -0.493 e. The summed E-state index contributed by atoms with van der Waals surface area (Å²) in [6.07, 6.45) is 12.8. The maximum absolute atomic E-state index is 12.3. The molecule has 0 radical (unpaired) electrons. The Hall–Kier alpha value is -1.51. The van der Waals surface area contributed by atoms with Crippen molar-refractivity contribution in [1.29, 1.82) is 0 Å². The van der Waals surface area contributed by atoms with Gasteiger partial charge in [0.25, 0.3) is 0 Å². The van der Waals surface area contributed by atoms with Crippen LogP contribution in [0, 0.1) is 11.8 Å². The van der Waals surface area contributed by atoms with Gasteiger partial charge in [0.05, 0.1) is 18.8 Å². The zero-order chi connectivity index (χ0) is 16.6. The lowest BCUT2D eigenvalue weighted by molar-refractivity contribution is 0.0409. The summed E-state index contributed by atoms with van der Waals surface area (Å²) in [4.78, 5) is 12.3. The quantitative estimate of drug-likeness (QED) is 0.657. The summed E-state index contributed by atoms with van der Waals surface area (Å²) >= 11 is 0. The van der Waals surface area contributed by atoms with Gasteiger partial charge in [-0.25, -0.2) is 4.79 Å². The Balaban J connectivity index is 1.47. The van der Waals surface area contributed by atoms with Gasteiger partial charge in [-0.15, -0.1) is 0 Å². The molecule has 24 heavy (non-hydrogen) atoms. The van der Waals surface area contributed by atoms with Crippen molar-refractivity contribution in [2.75, 3.05) is 13.2 Å². The van der Waals surface area contributed by atoms with Gasteiger partial charge in [-0.05, 0) is 55.7 Å². The van der Waals surface area contributed by atoms with Crippen LogP contribution in [-0.2, 0) is 4.74 Å². The van der Waals surface area contributed by atoms with Gasteiger partial charge in [0.1, 0.15) is 5.75 Å². The molecule has 2 aliphatic rings. The fourth-order valence-corrected chi connectivity index (χ4v) is 3.91. The van der Waals surface area contributed by atoms with Crippen molar-refractivity contribution >= 4 is 5.97 Å². The molecule has 0 saturated heterocycles. The minimum atomic E-state index is -0.219. The predicted octanol–water partition coefficient (Wildman–Crippen LogP) is 5.38. The predicted molar refractivity (Wildman–Crippen MR) is 95.4 cm³/mol. The molecule has 1 aromatic carbocycles. The number of esters is 1. The van der Waals surface area contributed by atoms with Crippen LogP contribution < -0.4 is 4.74 Å². The number of hydrogen-bond donors (Lipinski definition) is 0. The van der Waals surface area contributed by atoms with E-state index < -0.39 is 0 Å². The van der Waals surface area contributed by atoms with Crippen LogP contribution in [0.5, 0.6) is 5.75 Å². The molecule has 3 nitrogen and oxygen atoms in total. The summed E-state index contributed by atoms with van der Waals surface area (Å²) in [7, 11) is 0. The highest BCUT2D eigenvalue weighted by Gasteiger charge is 2.17. The zero-order valence-electron chi connectivity index (χ0n) is 14.7. The van der Waals surface area contributed by atoms with Gasteiger partial charge >= 0.3 is 5.97 Å². The fourth-order valence-electron chi connectivity index (χ4n) is 3.91. The molecule has 0 bridgehead atoms. The summed E-state index contributed by atoms with van der Waals surface area (Å²) in [5, 5.41) is 0. The lowest BCUT2D eigenvalue weighted by Gasteiger charge is -2.22. The van der Waals surface area contributed by atoms with E-state index in [1.165, 1.54) is 64.2 Å². The Morgan fingerprint density at radius 2 is 1.50 bits per heavy atom. The smallest absolute Gasteiger partial charge is 0.338 e. The molecule has 2 aliphatic carbocycles. The van der Waals surface area contributed by atoms with Crippen LogP contribution in [0.4, 0.5) is 0 Å². The van der Waals surface area contributed by atoms with E-state index >= 15 is 0 Å². The Bertz CT molecular complexity index is 514. The molecule has 132 valence electrons. The highest BCUT2D eigenvalue weighted by atomic mass is 16.5. The van der Waals surface area contributed by atoms with Gasteiger partial charge in [-0.2, -0.15) is 0 Å². The Kier molecular flexibility index (Phi) is 6.57. The topological polar surface area (TPSA) is 35.5 Å². The van der Waals surface area contributed by atoms with E-state index in [1.807, 2.05) is 24.3 Å². The van der Waals surface area contributed by atoms with Gasteiger partial charge in [0.15, 0.2) is 0 Å². The van der Waals surface area contributed by atoms with Crippen LogP contribution in [0.15, 0.2) is 24.3 Å². The number of ether oxygens (including phenoxy) is 2. The molecular weight excluding hydrogens is 300 g/mol. The number of carbonyl (C=O) groups excluding carboxylic acids is 1. The third-order valence-electron chi connectivity index (χ3n) is 5.46. The van der Waals surface area contributed by atoms with E-state index in [2.05, 4.69) is 0 Å². The molecular formula is C21H30O3. The van der Waals surface area contributed by atoms with Crippen molar-refractivity contribution in [3.63, 3.8) is 0 Å². The average Bonchev–Trinajstić information content (AvgIpc) is 2.66. The SMILES string of the molecule is O=C(OCC1CCCCC1)c1cccc(OCC2CCCCC2)c1. The van der Waals surface area contributed by atoms with Crippen molar-refractivity contribution in [3.8, 4) is 5.75 Å². The molecule has 2 fully saturated rings. The molecule has 0 amide bonds. The molecule has 2 saturated carbocycles. The molecule has 0 spiro atoms. The lowest BCUT2D eigenvalue weighted by atomic mass is 9.90. The van der Waals surface area contributed by atoms with Crippen LogP contribution in [0.2, 0.25) is 0 Å². The first kappa shape index (κ1) is 17.3. The molecule has 3 rings (SSSR count). The van der Waals surface area contributed by atoms with Crippen molar-refractivity contribution in [3.05, 3.63) is 29.8 Å². The van der Waals surface area contributed by atoms with Gasteiger partial charge in [-0.1, -0.05) is 44.6 Å². The molecule has 0 heterocycles. The number of rotatable bonds is 6. The number of carbonyl (C=O) groups is 1. The average molecular weight is 330 g/mol. The largest absolute Gasteiger partial charge is 0.493 e. The van der Waals surface area contributed by atoms with Crippen molar-refractivity contribution in [1.82, 2.24) is 0 Å². The third kappa shape index (κ3) is 5.25. The maximum atomic E-state index is 12.3. The van der Waals surface area contributed by atoms with Crippen LogP contribution in [-0.4, -0.2) is 19.2 Å². The Labute approximate surface area is 145 Å². The van der Waals surface area contributed by atoms with Crippen LogP contribution in [0.1, 0.15) is 74.6 Å². The maximum Gasteiger partial charge on any atom is 0.338 e. The zero-order valence-corrected chi connectivity index (χ0v) is 14.7. The summed E-state index contributed by atoms with van der Waals surface area (Å²) in [6, 6.07) is 7.46. The van der Waals surface area contributed by atoms with Crippen LogP contribution in [0.3, 0.4) is 0 Å². The molecule has 0 atom stereocenters. The second-order valence-corrected chi connectivity index (χ2v) is 7.45. The standard InChI is InChI=1S/C21H30O3/c22-21(24-16-18-10-5-2-6-11-18)19-12-7-13-20(14-19)23-15-17-8-3-1-4-9-17/h7,12-14,17-18H,1-6,8-11,15-16H2. The van der Waals surface area contributed by atoms with Crippen LogP contribution >= 0.6 is 0 Å².